The minimum absolute atomic E-state index is 0.590. The summed E-state index contributed by atoms with van der Waals surface area (Å²) < 4.78 is 0. The van der Waals surface area contributed by atoms with Crippen LogP contribution in [-0.2, 0) is 0 Å². The van der Waals surface area contributed by atoms with E-state index < -0.39 is 0 Å². The Morgan fingerprint density at radius 3 is 2.75 bits per heavy atom. The predicted octanol–water partition coefficient (Wildman–Crippen LogP) is 3.81. The van der Waals surface area contributed by atoms with E-state index in [9.17, 15) is 0 Å². The quantitative estimate of drug-likeness (QED) is 0.841. The first-order chi connectivity index (χ1) is 9.83. The number of hydrogen-bond donors (Lipinski definition) is 1. The van der Waals surface area contributed by atoms with Gasteiger partial charge in [0.2, 0.25) is 0 Å². The van der Waals surface area contributed by atoms with E-state index in [4.69, 9.17) is 0 Å². The minimum Gasteiger partial charge on any atom is -0.316 e. The minimum atomic E-state index is 0.590. The summed E-state index contributed by atoms with van der Waals surface area (Å²) in [5.41, 5.74) is 0.590. The summed E-state index contributed by atoms with van der Waals surface area (Å²) in [7, 11) is 0. The highest BCUT2D eigenvalue weighted by Crippen LogP contribution is 2.39. The molecule has 3 atom stereocenters. The molecule has 3 unspecified atom stereocenters. The highest BCUT2D eigenvalue weighted by molar-refractivity contribution is 4.93. The molecule has 0 aromatic carbocycles. The van der Waals surface area contributed by atoms with Gasteiger partial charge in [-0.1, -0.05) is 26.2 Å². The van der Waals surface area contributed by atoms with Crippen molar-refractivity contribution in [1.82, 2.24) is 10.2 Å². The molecule has 1 N–H and O–H groups in total. The molecule has 3 aliphatic rings. The summed E-state index contributed by atoms with van der Waals surface area (Å²) in [6.07, 6.45) is 14.6. The van der Waals surface area contributed by atoms with Gasteiger partial charge in [0.05, 0.1) is 0 Å². The van der Waals surface area contributed by atoms with Gasteiger partial charge in [0.15, 0.2) is 0 Å². The Morgan fingerprint density at radius 2 is 1.95 bits per heavy atom. The zero-order valence-corrected chi connectivity index (χ0v) is 13.5. The fraction of sp³-hybridized carbons (Fsp3) is 1.00. The number of likely N-dealkylation sites (tertiary alicyclic amines) is 1. The SMILES string of the molecule is CCCC1(CN2CCCC3CCCCC32)CCCNC1. The Labute approximate surface area is 125 Å². The van der Waals surface area contributed by atoms with E-state index in [-0.39, 0.29) is 0 Å². The molecule has 116 valence electrons. The second-order valence-corrected chi connectivity index (χ2v) is 7.75. The third-order valence-electron chi connectivity index (χ3n) is 6.24. The van der Waals surface area contributed by atoms with Crippen molar-refractivity contribution in [3.05, 3.63) is 0 Å². The summed E-state index contributed by atoms with van der Waals surface area (Å²) in [6.45, 7) is 7.66. The van der Waals surface area contributed by atoms with Crippen LogP contribution in [0.3, 0.4) is 0 Å². The molecule has 2 saturated heterocycles. The van der Waals surface area contributed by atoms with Gasteiger partial charge in [-0.25, -0.2) is 0 Å². The monoisotopic (exact) mass is 278 g/mol. The zero-order chi connectivity index (χ0) is 13.8. The van der Waals surface area contributed by atoms with Crippen molar-refractivity contribution in [2.75, 3.05) is 26.2 Å². The average Bonchev–Trinajstić information content (AvgIpc) is 2.49. The maximum atomic E-state index is 3.70. The van der Waals surface area contributed by atoms with Gasteiger partial charge >= 0.3 is 0 Å². The molecule has 20 heavy (non-hydrogen) atoms. The van der Waals surface area contributed by atoms with E-state index in [0.717, 1.165) is 12.0 Å². The normalized spacial score (nSPS) is 39.5. The van der Waals surface area contributed by atoms with Crippen molar-refractivity contribution in [2.24, 2.45) is 11.3 Å². The van der Waals surface area contributed by atoms with Crippen LogP contribution in [0.25, 0.3) is 0 Å². The lowest BCUT2D eigenvalue weighted by Crippen LogP contribution is -2.54. The second-order valence-electron chi connectivity index (χ2n) is 7.75. The van der Waals surface area contributed by atoms with Crippen LogP contribution in [0.2, 0.25) is 0 Å². The van der Waals surface area contributed by atoms with Crippen LogP contribution in [0.5, 0.6) is 0 Å². The fourth-order valence-electron chi connectivity index (χ4n) is 5.34. The van der Waals surface area contributed by atoms with Crippen molar-refractivity contribution in [2.45, 2.75) is 77.2 Å². The maximum Gasteiger partial charge on any atom is 0.0124 e. The number of fused-ring (bicyclic) bond motifs is 1. The molecular weight excluding hydrogens is 244 g/mol. The van der Waals surface area contributed by atoms with Gasteiger partial charge in [-0.2, -0.15) is 0 Å². The van der Waals surface area contributed by atoms with Crippen LogP contribution < -0.4 is 5.32 Å². The lowest BCUT2D eigenvalue weighted by molar-refractivity contribution is 0.0117. The average molecular weight is 278 g/mol. The summed E-state index contributed by atoms with van der Waals surface area (Å²) in [5.74, 6) is 1.03. The zero-order valence-electron chi connectivity index (χ0n) is 13.5. The number of piperidine rings is 2. The molecule has 0 radical (unpaired) electrons. The van der Waals surface area contributed by atoms with Crippen LogP contribution in [0.4, 0.5) is 0 Å². The molecule has 0 bridgehead atoms. The molecule has 0 aromatic rings. The van der Waals surface area contributed by atoms with E-state index in [0.29, 0.717) is 5.41 Å². The molecule has 0 spiro atoms. The van der Waals surface area contributed by atoms with Gasteiger partial charge in [0.1, 0.15) is 0 Å². The Bertz CT molecular complexity index is 288. The van der Waals surface area contributed by atoms with Gasteiger partial charge in [-0.3, -0.25) is 4.90 Å². The molecule has 3 fully saturated rings. The van der Waals surface area contributed by atoms with Gasteiger partial charge in [0.25, 0.3) is 0 Å². The van der Waals surface area contributed by atoms with E-state index in [2.05, 4.69) is 17.1 Å². The third kappa shape index (κ3) is 3.22. The number of nitrogens with zero attached hydrogens (tertiary/aromatic N) is 1. The van der Waals surface area contributed by atoms with Crippen LogP contribution in [-0.4, -0.2) is 37.1 Å². The molecule has 2 heteroatoms. The highest BCUT2D eigenvalue weighted by atomic mass is 15.2. The van der Waals surface area contributed by atoms with Crippen molar-refractivity contribution < 1.29 is 0 Å². The molecule has 2 aliphatic heterocycles. The van der Waals surface area contributed by atoms with Crippen LogP contribution in [0, 0.1) is 11.3 Å². The summed E-state index contributed by atoms with van der Waals surface area (Å²) in [5, 5.41) is 3.70. The van der Waals surface area contributed by atoms with Gasteiger partial charge in [-0.15, -0.1) is 0 Å². The van der Waals surface area contributed by atoms with E-state index >= 15 is 0 Å². The molecular formula is C18H34N2. The van der Waals surface area contributed by atoms with Gasteiger partial charge in [0, 0.05) is 19.1 Å². The summed E-state index contributed by atoms with van der Waals surface area (Å²) >= 11 is 0. The topological polar surface area (TPSA) is 15.3 Å². The van der Waals surface area contributed by atoms with Crippen molar-refractivity contribution in [3.63, 3.8) is 0 Å². The second kappa shape index (κ2) is 6.79. The lowest BCUT2D eigenvalue weighted by Gasteiger charge is -2.49. The summed E-state index contributed by atoms with van der Waals surface area (Å²) in [6, 6.07) is 0.938. The fourth-order valence-corrected chi connectivity index (χ4v) is 5.34. The van der Waals surface area contributed by atoms with E-state index in [1.165, 1.54) is 90.4 Å². The Hall–Kier alpha value is -0.0800. The lowest BCUT2D eigenvalue weighted by atomic mass is 9.73. The van der Waals surface area contributed by atoms with Crippen molar-refractivity contribution >= 4 is 0 Å². The predicted molar refractivity (Wildman–Crippen MR) is 86.0 cm³/mol. The summed E-state index contributed by atoms with van der Waals surface area (Å²) in [4.78, 5) is 2.93. The molecule has 2 nitrogen and oxygen atoms in total. The van der Waals surface area contributed by atoms with E-state index in [1.54, 1.807) is 0 Å². The molecule has 3 rings (SSSR count). The van der Waals surface area contributed by atoms with Crippen molar-refractivity contribution in [3.8, 4) is 0 Å². The van der Waals surface area contributed by atoms with Crippen molar-refractivity contribution in [1.29, 1.82) is 0 Å². The largest absolute Gasteiger partial charge is 0.316 e. The Kier molecular flexibility index (Phi) is 5.04. The molecule has 2 heterocycles. The first-order valence-corrected chi connectivity index (χ1v) is 9.28. The van der Waals surface area contributed by atoms with Crippen LogP contribution in [0.15, 0.2) is 0 Å². The van der Waals surface area contributed by atoms with Crippen LogP contribution >= 0.6 is 0 Å². The first kappa shape index (κ1) is 14.8. The third-order valence-corrected chi connectivity index (χ3v) is 6.24. The van der Waals surface area contributed by atoms with E-state index in [1.807, 2.05) is 0 Å². The Balaban J connectivity index is 1.66. The number of nitrogens with one attached hydrogen (secondary N) is 1. The number of rotatable bonds is 4. The molecule has 1 saturated carbocycles. The Morgan fingerprint density at radius 1 is 1.10 bits per heavy atom. The van der Waals surface area contributed by atoms with Gasteiger partial charge < -0.3 is 5.32 Å². The maximum absolute atomic E-state index is 3.70. The number of hydrogen-bond acceptors (Lipinski definition) is 2. The standard InChI is InChI=1S/C18H34N2/c1-2-10-18(11-6-12-19-14-18)15-20-13-5-8-16-7-3-4-9-17(16)20/h16-17,19H,2-15H2,1H3. The smallest absolute Gasteiger partial charge is 0.0124 e. The molecule has 0 amide bonds. The molecule has 1 aliphatic carbocycles. The van der Waals surface area contributed by atoms with Gasteiger partial charge in [-0.05, 0) is 69.4 Å². The molecule has 0 aromatic heterocycles. The first-order valence-electron chi connectivity index (χ1n) is 9.28. The highest BCUT2D eigenvalue weighted by Gasteiger charge is 2.39. The van der Waals surface area contributed by atoms with Crippen LogP contribution in [0.1, 0.15) is 71.1 Å².